The van der Waals surface area contributed by atoms with Gasteiger partial charge in [0.1, 0.15) is 6.33 Å². The monoisotopic (exact) mass is 271 g/mol. The molecule has 0 aliphatic heterocycles. The summed E-state index contributed by atoms with van der Waals surface area (Å²) in [4.78, 5) is 11.9. The van der Waals surface area contributed by atoms with Crippen molar-refractivity contribution in [3.8, 4) is 5.69 Å². The van der Waals surface area contributed by atoms with Gasteiger partial charge in [0, 0.05) is 6.54 Å². The van der Waals surface area contributed by atoms with Crippen LogP contribution in [0.4, 0.5) is 13.2 Å². The molecule has 0 aliphatic carbocycles. The van der Waals surface area contributed by atoms with Crippen LogP contribution in [0, 0.1) is 0 Å². The highest BCUT2D eigenvalue weighted by Crippen LogP contribution is 2.29. The molecule has 1 aromatic carbocycles. The first kappa shape index (κ1) is 13.4. The number of alkyl halides is 3. The molecular formula is C12H12F3N3O. The van der Waals surface area contributed by atoms with Gasteiger partial charge in [0.2, 0.25) is 0 Å². The Morgan fingerprint density at radius 2 is 1.84 bits per heavy atom. The molecule has 0 unspecified atom stereocenters. The lowest BCUT2D eigenvalue weighted by atomic mass is 10.2. The third kappa shape index (κ3) is 2.69. The van der Waals surface area contributed by atoms with E-state index in [-0.39, 0.29) is 5.69 Å². The first-order chi connectivity index (χ1) is 8.93. The number of nitrogens with zero attached hydrogens (tertiary/aromatic N) is 3. The van der Waals surface area contributed by atoms with Crippen LogP contribution in [0.15, 0.2) is 35.4 Å². The van der Waals surface area contributed by atoms with Crippen molar-refractivity contribution in [1.29, 1.82) is 0 Å². The second kappa shape index (κ2) is 4.91. The van der Waals surface area contributed by atoms with Crippen molar-refractivity contribution in [3.63, 3.8) is 0 Å². The lowest BCUT2D eigenvalue weighted by Crippen LogP contribution is -2.23. The number of rotatable bonds is 3. The van der Waals surface area contributed by atoms with Crippen molar-refractivity contribution in [3.05, 3.63) is 46.6 Å². The highest BCUT2D eigenvalue weighted by molar-refractivity contribution is 5.34. The molecule has 7 heteroatoms. The molecule has 0 saturated carbocycles. The van der Waals surface area contributed by atoms with E-state index in [1.165, 1.54) is 23.0 Å². The summed E-state index contributed by atoms with van der Waals surface area (Å²) in [6, 6.07) is 4.32. The van der Waals surface area contributed by atoms with Crippen molar-refractivity contribution in [2.24, 2.45) is 0 Å². The lowest BCUT2D eigenvalue weighted by Gasteiger charge is -2.06. The molecule has 0 atom stereocenters. The molecule has 102 valence electrons. The molecule has 0 spiro atoms. The van der Waals surface area contributed by atoms with Crippen LogP contribution in [-0.4, -0.2) is 14.3 Å². The zero-order valence-corrected chi connectivity index (χ0v) is 10.2. The summed E-state index contributed by atoms with van der Waals surface area (Å²) in [6.45, 7) is 2.45. The molecule has 2 aromatic rings. The Labute approximate surface area is 107 Å². The smallest absolute Gasteiger partial charge is 0.281 e. The SMILES string of the molecule is CCCn1cnn(-c2ccc(C(F)(F)F)cc2)c1=O. The molecular weight excluding hydrogens is 259 g/mol. The maximum atomic E-state index is 12.4. The summed E-state index contributed by atoms with van der Waals surface area (Å²) < 4.78 is 39.7. The molecule has 0 radical (unpaired) electrons. The average molecular weight is 271 g/mol. The number of hydrogen-bond donors (Lipinski definition) is 0. The molecule has 0 fully saturated rings. The predicted molar refractivity (Wildman–Crippen MR) is 63.1 cm³/mol. The van der Waals surface area contributed by atoms with Gasteiger partial charge < -0.3 is 0 Å². The van der Waals surface area contributed by atoms with E-state index in [1.54, 1.807) is 0 Å². The Morgan fingerprint density at radius 3 is 2.37 bits per heavy atom. The van der Waals surface area contributed by atoms with Gasteiger partial charge >= 0.3 is 11.9 Å². The highest BCUT2D eigenvalue weighted by atomic mass is 19.4. The lowest BCUT2D eigenvalue weighted by molar-refractivity contribution is -0.137. The van der Waals surface area contributed by atoms with Gasteiger partial charge in [-0.05, 0) is 30.7 Å². The van der Waals surface area contributed by atoms with Crippen LogP contribution in [0.1, 0.15) is 18.9 Å². The van der Waals surface area contributed by atoms with Crippen molar-refractivity contribution in [2.45, 2.75) is 26.1 Å². The minimum Gasteiger partial charge on any atom is -0.281 e. The zero-order valence-electron chi connectivity index (χ0n) is 10.2. The van der Waals surface area contributed by atoms with Gasteiger partial charge in [-0.25, -0.2) is 4.79 Å². The third-order valence-electron chi connectivity index (χ3n) is 2.64. The summed E-state index contributed by atoms with van der Waals surface area (Å²) in [5.74, 6) is 0. The first-order valence-electron chi connectivity index (χ1n) is 5.75. The Balaban J connectivity index is 2.35. The zero-order chi connectivity index (χ0) is 14.0. The van der Waals surface area contributed by atoms with Gasteiger partial charge in [0.05, 0.1) is 11.3 Å². The van der Waals surface area contributed by atoms with Gasteiger partial charge in [-0.2, -0.15) is 23.0 Å². The van der Waals surface area contributed by atoms with Crippen LogP contribution in [0.25, 0.3) is 5.69 Å². The second-order valence-electron chi connectivity index (χ2n) is 4.06. The summed E-state index contributed by atoms with van der Waals surface area (Å²) in [7, 11) is 0. The molecule has 0 N–H and O–H groups in total. The number of aryl methyl sites for hydroxylation is 1. The van der Waals surface area contributed by atoms with E-state index >= 15 is 0 Å². The van der Waals surface area contributed by atoms with Crippen molar-refractivity contribution < 1.29 is 13.2 Å². The van der Waals surface area contributed by atoms with Gasteiger partial charge in [0.15, 0.2) is 0 Å². The molecule has 1 heterocycles. The fourth-order valence-corrected chi connectivity index (χ4v) is 1.70. The normalized spacial score (nSPS) is 11.8. The van der Waals surface area contributed by atoms with Crippen LogP contribution in [-0.2, 0) is 12.7 Å². The fourth-order valence-electron chi connectivity index (χ4n) is 1.70. The molecule has 4 nitrogen and oxygen atoms in total. The fraction of sp³-hybridized carbons (Fsp3) is 0.333. The third-order valence-corrected chi connectivity index (χ3v) is 2.64. The van der Waals surface area contributed by atoms with Crippen molar-refractivity contribution in [1.82, 2.24) is 14.3 Å². The Morgan fingerprint density at radius 1 is 1.21 bits per heavy atom. The topological polar surface area (TPSA) is 39.8 Å². The molecule has 0 aliphatic rings. The largest absolute Gasteiger partial charge is 0.416 e. The molecule has 19 heavy (non-hydrogen) atoms. The van der Waals surface area contributed by atoms with Gasteiger partial charge in [-0.1, -0.05) is 6.92 Å². The van der Waals surface area contributed by atoms with Crippen LogP contribution < -0.4 is 5.69 Å². The molecule has 0 bridgehead atoms. The van der Waals surface area contributed by atoms with E-state index in [0.29, 0.717) is 12.2 Å². The molecule has 1 aromatic heterocycles. The van der Waals surface area contributed by atoms with Crippen LogP contribution in [0.5, 0.6) is 0 Å². The Kier molecular flexibility index (Phi) is 3.46. The minimum absolute atomic E-state index is 0.313. The number of hydrogen-bond acceptors (Lipinski definition) is 2. The summed E-state index contributed by atoms with van der Waals surface area (Å²) in [6.07, 6.45) is -2.23. The number of halogens is 3. The second-order valence-corrected chi connectivity index (χ2v) is 4.06. The van der Waals surface area contributed by atoms with Crippen molar-refractivity contribution >= 4 is 0 Å². The number of aromatic nitrogens is 3. The average Bonchev–Trinajstić information content (AvgIpc) is 2.71. The maximum absolute atomic E-state index is 12.4. The van der Waals surface area contributed by atoms with E-state index in [0.717, 1.165) is 23.2 Å². The Hall–Kier alpha value is -2.05. The van der Waals surface area contributed by atoms with E-state index in [9.17, 15) is 18.0 Å². The summed E-state index contributed by atoms with van der Waals surface area (Å²) in [5, 5.41) is 3.88. The quantitative estimate of drug-likeness (QED) is 0.860. The van der Waals surface area contributed by atoms with E-state index in [1.807, 2.05) is 6.92 Å². The predicted octanol–water partition coefficient (Wildman–Crippen LogP) is 2.46. The molecule has 0 amide bonds. The van der Waals surface area contributed by atoms with Crippen LogP contribution >= 0.6 is 0 Å². The summed E-state index contributed by atoms with van der Waals surface area (Å²) in [5.41, 5.74) is -0.799. The first-order valence-corrected chi connectivity index (χ1v) is 5.75. The van der Waals surface area contributed by atoms with E-state index in [2.05, 4.69) is 5.10 Å². The standard InChI is InChI=1S/C12H12F3N3O/c1-2-7-17-8-16-18(11(17)19)10-5-3-9(4-6-10)12(13,14)15/h3-6,8H,2,7H2,1H3. The van der Waals surface area contributed by atoms with Gasteiger partial charge in [-0.3, -0.25) is 4.57 Å². The van der Waals surface area contributed by atoms with Crippen LogP contribution in [0.2, 0.25) is 0 Å². The van der Waals surface area contributed by atoms with E-state index in [4.69, 9.17) is 0 Å². The summed E-state index contributed by atoms with van der Waals surface area (Å²) >= 11 is 0. The number of benzene rings is 1. The molecule has 0 saturated heterocycles. The van der Waals surface area contributed by atoms with Gasteiger partial charge in [-0.15, -0.1) is 0 Å². The van der Waals surface area contributed by atoms with Crippen molar-refractivity contribution in [2.75, 3.05) is 0 Å². The van der Waals surface area contributed by atoms with E-state index < -0.39 is 11.7 Å². The molecule has 2 rings (SSSR count). The van der Waals surface area contributed by atoms with Crippen LogP contribution in [0.3, 0.4) is 0 Å². The maximum Gasteiger partial charge on any atom is 0.416 e. The highest BCUT2D eigenvalue weighted by Gasteiger charge is 2.30. The Bertz CT molecular complexity index is 610. The van der Waals surface area contributed by atoms with Gasteiger partial charge in [0.25, 0.3) is 0 Å². The minimum atomic E-state index is -4.38.